The van der Waals surface area contributed by atoms with Gasteiger partial charge in [-0.1, -0.05) is 45.4 Å². The molecule has 1 fully saturated rings. The third kappa shape index (κ3) is 4.60. The Labute approximate surface area is 65.3 Å². The maximum Gasteiger partial charge on any atom is -0.0443 e. The van der Waals surface area contributed by atoms with Crippen LogP contribution in [0.4, 0.5) is 0 Å². The molecule has 0 N–H and O–H groups in total. The van der Waals surface area contributed by atoms with Crippen molar-refractivity contribution in [2.45, 2.75) is 45.4 Å². The first kappa shape index (κ1) is 9.74. The van der Waals surface area contributed by atoms with Crippen molar-refractivity contribution in [1.29, 1.82) is 0 Å². The highest BCUT2D eigenvalue weighted by atomic mass is 14.1. The van der Waals surface area contributed by atoms with Crippen LogP contribution in [-0.2, 0) is 0 Å². The third-order valence-corrected chi connectivity index (χ3v) is 2.14. The molecule has 1 rings (SSSR count). The first-order valence-electron chi connectivity index (χ1n) is 4.39. The normalized spacial score (nSPS) is 20.5. The highest BCUT2D eigenvalue weighted by Gasteiger charge is 2.04. The molecule has 1 aliphatic carbocycles. The lowest BCUT2D eigenvalue weighted by Gasteiger charge is -2.02. The topological polar surface area (TPSA) is 0 Å². The van der Waals surface area contributed by atoms with Gasteiger partial charge in [0, 0.05) is 0 Å². The van der Waals surface area contributed by atoms with Gasteiger partial charge in [-0.05, 0) is 5.92 Å². The summed E-state index contributed by atoms with van der Waals surface area (Å²) >= 11 is 0. The largest absolute Gasteiger partial charge is 0.106 e. The van der Waals surface area contributed by atoms with Gasteiger partial charge in [-0.25, -0.2) is 0 Å². The van der Waals surface area contributed by atoms with Crippen LogP contribution >= 0.6 is 0 Å². The van der Waals surface area contributed by atoms with Gasteiger partial charge in [0.05, 0.1) is 0 Å². The molecule has 0 aromatic heterocycles. The van der Waals surface area contributed by atoms with Crippen LogP contribution in [0.25, 0.3) is 0 Å². The third-order valence-electron chi connectivity index (χ3n) is 2.14. The Balaban J connectivity index is 0.000000371. The lowest BCUT2D eigenvalue weighted by atomic mass is 10.0. The van der Waals surface area contributed by atoms with Crippen LogP contribution in [-0.4, -0.2) is 0 Å². The van der Waals surface area contributed by atoms with Crippen molar-refractivity contribution in [1.82, 2.24) is 0 Å². The summed E-state index contributed by atoms with van der Waals surface area (Å²) in [6, 6.07) is 0. The number of rotatable bonds is 0. The molecule has 0 bridgehead atoms. The zero-order chi connectivity index (χ0) is 7.82. The minimum absolute atomic E-state index is 1.03. The van der Waals surface area contributed by atoms with Gasteiger partial charge in [-0.15, -0.1) is 13.2 Å². The van der Waals surface area contributed by atoms with Crippen LogP contribution < -0.4 is 0 Å². The summed E-state index contributed by atoms with van der Waals surface area (Å²) in [5, 5.41) is 0. The van der Waals surface area contributed by atoms with E-state index in [2.05, 4.69) is 20.1 Å². The van der Waals surface area contributed by atoms with E-state index in [1.165, 1.54) is 38.5 Å². The minimum Gasteiger partial charge on any atom is -0.106 e. The van der Waals surface area contributed by atoms with Crippen LogP contribution in [0.5, 0.6) is 0 Å². The maximum atomic E-state index is 3.00. The Bertz CT molecular complexity index is 58.4. The van der Waals surface area contributed by atoms with Gasteiger partial charge in [0.1, 0.15) is 0 Å². The van der Waals surface area contributed by atoms with Crippen molar-refractivity contribution < 1.29 is 0 Å². The van der Waals surface area contributed by atoms with E-state index < -0.39 is 0 Å². The van der Waals surface area contributed by atoms with Crippen molar-refractivity contribution in [3.63, 3.8) is 0 Å². The molecular weight excluding hydrogens is 120 g/mol. The summed E-state index contributed by atoms with van der Waals surface area (Å²) in [6.07, 6.45) is 8.93. The molecule has 1 saturated carbocycles. The summed E-state index contributed by atoms with van der Waals surface area (Å²) in [5.41, 5.74) is 0. The van der Waals surface area contributed by atoms with E-state index >= 15 is 0 Å². The predicted molar refractivity (Wildman–Crippen MR) is 48.1 cm³/mol. The quantitative estimate of drug-likeness (QED) is 0.355. The predicted octanol–water partition coefficient (Wildman–Crippen LogP) is 3.78. The van der Waals surface area contributed by atoms with Gasteiger partial charge in [0.25, 0.3) is 0 Å². The highest BCUT2D eigenvalue weighted by molar-refractivity contribution is 4.58. The molecule has 0 saturated heterocycles. The van der Waals surface area contributed by atoms with Crippen molar-refractivity contribution >= 4 is 0 Å². The summed E-state index contributed by atoms with van der Waals surface area (Å²) in [4.78, 5) is 0. The molecule has 0 radical (unpaired) electrons. The minimum atomic E-state index is 1.03. The molecule has 0 heteroatoms. The fourth-order valence-corrected chi connectivity index (χ4v) is 1.48. The molecule has 0 unspecified atom stereocenters. The molecule has 0 atom stereocenters. The molecule has 0 nitrogen and oxygen atoms in total. The molecule has 0 spiro atoms. The van der Waals surface area contributed by atoms with Gasteiger partial charge in [-0.2, -0.15) is 0 Å². The Morgan fingerprint density at radius 3 is 1.70 bits per heavy atom. The smallest absolute Gasteiger partial charge is 0.0443 e. The van der Waals surface area contributed by atoms with Crippen molar-refractivity contribution in [3.8, 4) is 0 Å². The zero-order valence-corrected chi connectivity index (χ0v) is 7.23. The first-order chi connectivity index (χ1) is 4.89. The summed E-state index contributed by atoms with van der Waals surface area (Å²) in [6.45, 7) is 8.38. The SMILES string of the molecule is C=C.CC1CCCCCC1. The van der Waals surface area contributed by atoms with Crippen LogP contribution in [0.1, 0.15) is 45.4 Å². The van der Waals surface area contributed by atoms with Crippen molar-refractivity contribution in [3.05, 3.63) is 13.2 Å². The fourth-order valence-electron chi connectivity index (χ4n) is 1.48. The van der Waals surface area contributed by atoms with E-state index in [0.717, 1.165) is 5.92 Å². The Hall–Kier alpha value is -0.260. The zero-order valence-electron chi connectivity index (χ0n) is 7.23. The van der Waals surface area contributed by atoms with Crippen LogP contribution in [0.15, 0.2) is 13.2 Å². The van der Waals surface area contributed by atoms with Crippen molar-refractivity contribution in [2.24, 2.45) is 5.92 Å². The molecule has 0 aliphatic heterocycles. The highest BCUT2D eigenvalue weighted by Crippen LogP contribution is 2.21. The molecule has 0 heterocycles. The molecular formula is C10H20. The Morgan fingerprint density at radius 2 is 1.30 bits per heavy atom. The van der Waals surface area contributed by atoms with E-state index in [1.54, 1.807) is 0 Å². The lowest BCUT2D eigenvalue weighted by molar-refractivity contribution is 0.505. The van der Waals surface area contributed by atoms with Crippen molar-refractivity contribution in [2.75, 3.05) is 0 Å². The van der Waals surface area contributed by atoms with E-state index in [1.807, 2.05) is 0 Å². The van der Waals surface area contributed by atoms with E-state index in [4.69, 9.17) is 0 Å². The molecule has 10 heavy (non-hydrogen) atoms. The van der Waals surface area contributed by atoms with Crippen LogP contribution in [0.3, 0.4) is 0 Å². The second-order valence-corrected chi connectivity index (χ2v) is 3.10. The van der Waals surface area contributed by atoms with Gasteiger partial charge >= 0.3 is 0 Å². The second kappa shape index (κ2) is 6.85. The average Bonchev–Trinajstić information content (AvgIpc) is 2.21. The summed E-state index contributed by atoms with van der Waals surface area (Å²) in [5.74, 6) is 1.03. The van der Waals surface area contributed by atoms with Crippen LogP contribution in [0.2, 0.25) is 0 Å². The summed E-state index contributed by atoms with van der Waals surface area (Å²) in [7, 11) is 0. The number of hydrogen-bond donors (Lipinski definition) is 0. The lowest BCUT2D eigenvalue weighted by Crippen LogP contribution is -1.88. The maximum absolute atomic E-state index is 3.00. The Morgan fingerprint density at radius 1 is 0.900 bits per heavy atom. The van der Waals surface area contributed by atoms with Gasteiger partial charge in [0.15, 0.2) is 0 Å². The molecule has 0 aromatic rings. The molecule has 1 aliphatic rings. The standard InChI is InChI=1S/C8H16.C2H4/c1-8-6-4-2-3-5-7-8;1-2/h8H,2-7H2,1H3;1-2H2. The molecule has 0 aromatic carbocycles. The van der Waals surface area contributed by atoms with Crippen LogP contribution in [0, 0.1) is 5.92 Å². The van der Waals surface area contributed by atoms with E-state index in [9.17, 15) is 0 Å². The van der Waals surface area contributed by atoms with Gasteiger partial charge < -0.3 is 0 Å². The first-order valence-corrected chi connectivity index (χ1v) is 4.39. The van der Waals surface area contributed by atoms with Gasteiger partial charge in [0.2, 0.25) is 0 Å². The fraction of sp³-hybridized carbons (Fsp3) is 0.800. The van der Waals surface area contributed by atoms with E-state index in [-0.39, 0.29) is 0 Å². The monoisotopic (exact) mass is 140 g/mol. The number of hydrogen-bond acceptors (Lipinski definition) is 0. The molecule has 60 valence electrons. The van der Waals surface area contributed by atoms with Gasteiger partial charge in [-0.3, -0.25) is 0 Å². The second-order valence-electron chi connectivity index (χ2n) is 3.10. The van der Waals surface area contributed by atoms with E-state index in [0.29, 0.717) is 0 Å². The Kier molecular flexibility index (Phi) is 6.68. The molecule has 0 amide bonds. The summed E-state index contributed by atoms with van der Waals surface area (Å²) < 4.78 is 0. The average molecular weight is 140 g/mol.